The summed E-state index contributed by atoms with van der Waals surface area (Å²) in [4.78, 5) is 17.4. The first kappa shape index (κ1) is 19.0. The number of thioether (sulfide) groups is 1. The van der Waals surface area contributed by atoms with E-state index < -0.39 is 0 Å². The van der Waals surface area contributed by atoms with E-state index in [1.165, 1.54) is 34.4 Å². The van der Waals surface area contributed by atoms with Crippen LogP contribution in [0.4, 0.5) is 5.13 Å². The number of nitrogens with one attached hydrogen (secondary N) is 1. The zero-order chi connectivity index (χ0) is 20.5. The Bertz CT molecular complexity index is 1320. The van der Waals surface area contributed by atoms with Crippen LogP contribution in [0.3, 0.4) is 0 Å². The predicted molar refractivity (Wildman–Crippen MR) is 118 cm³/mol. The summed E-state index contributed by atoms with van der Waals surface area (Å²) in [6.07, 6.45) is 1.59. The number of aromatic nitrogens is 3. The standard InChI is InChI=1S/C20H14N4O3S3/c1-11-23-24-20(30-11)29-9-13-12-5-2-3-6-15(12)27-17(13)18(25)22-19-21-14(10-28-19)16-7-4-8-26-16/h2-8,10H,9H2,1H3,(H,21,22,25). The van der Waals surface area contributed by atoms with Gasteiger partial charge in [0, 0.05) is 22.1 Å². The van der Waals surface area contributed by atoms with Gasteiger partial charge in [0.05, 0.1) is 6.26 Å². The molecule has 0 aliphatic carbocycles. The maximum atomic E-state index is 13.0. The van der Waals surface area contributed by atoms with Crippen molar-refractivity contribution in [1.29, 1.82) is 0 Å². The molecule has 4 aromatic heterocycles. The molecule has 0 aliphatic heterocycles. The summed E-state index contributed by atoms with van der Waals surface area (Å²) < 4.78 is 12.1. The fraction of sp³-hybridized carbons (Fsp3) is 0.100. The van der Waals surface area contributed by atoms with Gasteiger partial charge in [0.25, 0.3) is 5.91 Å². The van der Waals surface area contributed by atoms with Crippen LogP contribution in [0.5, 0.6) is 0 Å². The molecule has 10 heteroatoms. The second-order valence-corrected chi connectivity index (χ2v) is 9.51. The molecule has 0 bridgehead atoms. The summed E-state index contributed by atoms with van der Waals surface area (Å²) in [6.45, 7) is 1.92. The molecule has 4 heterocycles. The number of rotatable bonds is 6. The molecular weight excluding hydrogens is 440 g/mol. The second-order valence-electron chi connectivity index (χ2n) is 6.25. The maximum Gasteiger partial charge on any atom is 0.293 e. The molecule has 1 amide bonds. The van der Waals surface area contributed by atoms with Crippen molar-refractivity contribution in [2.24, 2.45) is 0 Å². The molecule has 0 fully saturated rings. The van der Waals surface area contributed by atoms with Crippen molar-refractivity contribution in [2.45, 2.75) is 17.0 Å². The Labute approximate surface area is 183 Å². The van der Waals surface area contributed by atoms with Crippen LogP contribution in [0, 0.1) is 6.92 Å². The number of anilines is 1. The Morgan fingerprint density at radius 2 is 2.10 bits per heavy atom. The van der Waals surface area contributed by atoms with Crippen LogP contribution in [-0.2, 0) is 5.75 Å². The molecule has 0 radical (unpaired) electrons. The molecule has 5 rings (SSSR count). The highest BCUT2D eigenvalue weighted by Gasteiger charge is 2.22. The van der Waals surface area contributed by atoms with Gasteiger partial charge in [-0.15, -0.1) is 21.5 Å². The quantitative estimate of drug-likeness (QED) is 0.321. The molecule has 0 atom stereocenters. The van der Waals surface area contributed by atoms with Crippen LogP contribution in [0.15, 0.2) is 61.2 Å². The van der Waals surface area contributed by atoms with E-state index in [9.17, 15) is 4.79 Å². The minimum absolute atomic E-state index is 0.277. The Morgan fingerprint density at radius 3 is 2.90 bits per heavy atom. The third-order valence-corrected chi connectivity index (χ3v) is 7.01. The van der Waals surface area contributed by atoms with Gasteiger partial charge in [-0.2, -0.15) is 0 Å². The Hall–Kier alpha value is -2.95. The molecule has 0 saturated heterocycles. The molecule has 0 saturated carbocycles. The van der Waals surface area contributed by atoms with E-state index in [1.807, 2.05) is 42.6 Å². The monoisotopic (exact) mass is 454 g/mol. The minimum Gasteiger partial charge on any atom is -0.463 e. The highest BCUT2D eigenvalue weighted by atomic mass is 32.2. The molecule has 1 N–H and O–H groups in total. The fourth-order valence-electron chi connectivity index (χ4n) is 2.92. The SMILES string of the molecule is Cc1nnc(SCc2c(C(=O)Nc3nc(-c4ccco4)cs3)oc3ccccc23)s1. The van der Waals surface area contributed by atoms with Gasteiger partial charge in [-0.05, 0) is 25.1 Å². The van der Waals surface area contributed by atoms with Crippen LogP contribution < -0.4 is 5.32 Å². The minimum atomic E-state index is -0.337. The Balaban J connectivity index is 1.42. The number of carbonyl (C=O) groups is 1. The van der Waals surface area contributed by atoms with Gasteiger partial charge in [-0.1, -0.05) is 41.3 Å². The van der Waals surface area contributed by atoms with E-state index in [0.29, 0.717) is 27.9 Å². The number of aryl methyl sites for hydroxylation is 1. The van der Waals surface area contributed by atoms with Gasteiger partial charge < -0.3 is 8.83 Å². The lowest BCUT2D eigenvalue weighted by atomic mass is 10.1. The molecule has 0 spiro atoms. The maximum absolute atomic E-state index is 13.0. The average molecular weight is 455 g/mol. The van der Waals surface area contributed by atoms with E-state index in [4.69, 9.17) is 8.83 Å². The molecule has 0 unspecified atom stereocenters. The number of hydrogen-bond acceptors (Lipinski definition) is 9. The summed E-state index contributed by atoms with van der Waals surface area (Å²) in [5.41, 5.74) is 2.16. The number of nitrogens with zero attached hydrogens (tertiary/aromatic N) is 3. The van der Waals surface area contributed by atoms with E-state index in [0.717, 1.165) is 20.3 Å². The van der Waals surface area contributed by atoms with Crippen molar-refractivity contribution >= 4 is 56.4 Å². The summed E-state index contributed by atoms with van der Waals surface area (Å²) in [6, 6.07) is 11.2. The van der Waals surface area contributed by atoms with Crippen molar-refractivity contribution in [3.8, 4) is 11.5 Å². The van der Waals surface area contributed by atoms with Gasteiger partial charge in [0.15, 0.2) is 21.0 Å². The number of thiazole rings is 1. The zero-order valence-corrected chi connectivity index (χ0v) is 18.1. The zero-order valence-electron chi connectivity index (χ0n) is 15.6. The lowest BCUT2D eigenvalue weighted by Crippen LogP contribution is -2.12. The lowest BCUT2D eigenvalue weighted by Gasteiger charge is -2.02. The third-order valence-electron chi connectivity index (χ3n) is 4.25. The number of benzene rings is 1. The van der Waals surface area contributed by atoms with Crippen LogP contribution in [0.2, 0.25) is 0 Å². The van der Waals surface area contributed by atoms with Gasteiger partial charge in [-0.25, -0.2) is 4.98 Å². The number of furan rings is 2. The number of fused-ring (bicyclic) bond motifs is 1. The van der Waals surface area contributed by atoms with Crippen LogP contribution in [-0.4, -0.2) is 21.1 Å². The second kappa shape index (κ2) is 8.05. The van der Waals surface area contributed by atoms with Crippen molar-refractivity contribution < 1.29 is 13.6 Å². The molecule has 0 aliphatic rings. The van der Waals surface area contributed by atoms with Crippen LogP contribution in [0.25, 0.3) is 22.4 Å². The Morgan fingerprint density at radius 1 is 1.20 bits per heavy atom. The van der Waals surface area contributed by atoms with E-state index in [1.54, 1.807) is 12.3 Å². The number of para-hydroxylation sites is 1. The van der Waals surface area contributed by atoms with E-state index >= 15 is 0 Å². The highest BCUT2D eigenvalue weighted by Crippen LogP contribution is 2.34. The van der Waals surface area contributed by atoms with E-state index in [2.05, 4.69) is 20.5 Å². The first-order valence-electron chi connectivity index (χ1n) is 8.91. The lowest BCUT2D eigenvalue weighted by molar-refractivity contribution is 0.0998. The van der Waals surface area contributed by atoms with Gasteiger partial charge in [0.1, 0.15) is 16.3 Å². The van der Waals surface area contributed by atoms with Gasteiger partial charge in [0.2, 0.25) is 0 Å². The van der Waals surface area contributed by atoms with Crippen LogP contribution in [0.1, 0.15) is 21.1 Å². The summed E-state index contributed by atoms with van der Waals surface area (Å²) in [5.74, 6) is 1.14. The summed E-state index contributed by atoms with van der Waals surface area (Å²) in [5, 5.41) is 15.2. The number of carbonyl (C=O) groups excluding carboxylic acids is 1. The van der Waals surface area contributed by atoms with Crippen molar-refractivity contribution in [3.63, 3.8) is 0 Å². The molecular formula is C20H14N4O3S3. The smallest absolute Gasteiger partial charge is 0.293 e. The molecule has 5 aromatic rings. The first-order valence-corrected chi connectivity index (χ1v) is 11.6. The average Bonchev–Trinajstić information content (AvgIpc) is 3.53. The molecule has 150 valence electrons. The predicted octanol–water partition coefficient (Wildman–Crippen LogP) is 5.85. The highest BCUT2D eigenvalue weighted by molar-refractivity contribution is 8.00. The summed E-state index contributed by atoms with van der Waals surface area (Å²) in [7, 11) is 0. The van der Waals surface area contributed by atoms with Crippen LogP contribution >= 0.6 is 34.4 Å². The molecule has 7 nitrogen and oxygen atoms in total. The first-order chi connectivity index (χ1) is 14.7. The van der Waals surface area contributed by atoms with Gasteiger partial charge in [-0.3, -0.25) is 10.1 Å². The topological polar surface area (TPSA) is 94.1 Å². The number of amides is 1. The van der Waals surface area contributed by atoms with E-state index in [-0.39, 0.29) is 11.7 Å². The third kappa shape index (κ3) is 3.76. The summed E-state index contributed by atoms with van der Waals surface area (Å²) >= 11 is 4.39. The van der Waals surface area contributed by atoms with Crippen molar-refractivity contribution in [1.82, 2.24) is 15.2 Å². The molecule has 1 aromatic carbocycles. The largest absolute Gasteiger partial charge is 0.463 e. The fourth-order valence-corrected chi connectivity index (χ4v) is 5.46. The van der Waals surface area contributed by atoms with Gasteiger partial charge >= 0.3 is 0 Å². The molecule has 30 heavy (non-hydrogen) atoms. The normalized spacial score (nSPS) is 11.2. The Kier molecular flexibility index (Phi) is 5.11. The van der Waals surface area contributed by atoms with Crippen molar-refractivity contribution in [2.75, 3.05) is 5.32 Å². The van der Waals surface area contributed by atoms with Crippen molar-refractivity contribution in [3.05, 3.63) is 64.4 Å². The number of hydrogen-bond donors (Lipinski definition) is 1.